The third kappa shape index (κ3) is 2.71. The fourth-order valence-electron chi connectivity index (χ4n) is 1.86. The minimum atomic E-state index is -0.588. The quantitative estimate of drug-likeness (QED) is 0.681. The Labute approximate surface area is 119 Å². The van der Waals surface area contributed by atoms with Crippen LogP contribution < -0.4 is 0 Å². The fourth-order valence-corrected chi connectivity index (χ4v) is 1.86. The van der Waals surface area contributed by atoms with Crippen LogP contribution in [0.1, 0.15) is 28.0 Å². The summed E-state index contributed by atoms with van der Waals surface area (Å²) in [7, 11) is 0. The van der Waals surface area contributed by atoms with Crippen LogP contribution in [0.5, 0.6) is 0 Å². The van der Waals surface area contributed by atoms with Crippen LogP contribution >= 0.6 is 0 Å². The zero-order valence-corrected chi connectivity index (χ0v) is 11.5. The lowest BCUT2D eigenvalue weighted by Gasteiger charge is -1.97. The van der Waals surface area contributed by atoms with Gasteiger partial charge >= 0.3 is 5.97 Å². The van der Waals surface area contributed by atoms with E-state index in [0.717, 1.165) is 11.3 Å². The van der Waals surface area contributed by atoms with Crippen molar-refractivity contribution in [3.63, 3.8) is 0 Å². The largest absolute Gasteiger partial charge is 0.466 e. The normalized spacial score (nSPS) is 10.8. The van der Waals surface area contributed by atoms with Crippen molar-refractivity contribution in [3.8, 4) is 11.5 Å². The molecule has 3 rings (SSSR count). The lowest BCUT2D eigenvalue weighted by molar-refractivity contribution is 0.0402. The maximum atomic E-state index is 11.6. The molecule has 3 aromatic rings. The van der Waals surface area contributed by atoms with E-state index in [2.05, 4.69) is 10.2 Å². The Hall–Kier alpha value is -2.83. The van der Waals surface area contributed by atoms with Gasteiger partial charge in [0.05, 0.1) is 11.8 Å². The number of carbonyl (C=O) groups excluding carboxylic acids is 1. The second-order valence-corrected chi connectivity index (χ2v) is 4.38. The third-order valence-electron chi connectivity index (χ3n) is 2.79. The molecule has 108 valence electrons. The number of esters is 1. The van der Waals surface area contributed by atoms with E-state index in [-0.39, 0.29) is 18.3 Å². The second kappa shape index (κ2) is 5.28. The van der Waals surface area contributed by atoms with E-state index in [1.807, 2.05) is 19.9 Å². The molecule has 3 aromatic heterocycles. The molecule has 0 saturated carbocycles. The Morgan fingerprint density at radius 1 is 1.29 bits per heavy atom. The molecule has 3 heterocycles. The summed E-state index contributed by atoms with van der Waals surface area (Å²) >= 11 is 0. The topological polar surface area (TPSA) is 91.5 Å². The van der Waals surface area contributed by atoms with Gasteiger partial charge in [-0.05, 0) is 32.0 Å². The summed E-state index contributed by atoms with van der Waals surface area (Å²) in [6.45, 7) is 3.52. The standard InChI is InChI=1S/C14H12N2O5/c1-8-6-10(9(2)20-8)13-16-15-12(21-13)7-19-14(17)11-4-3-5-18-11/h3-6H,7H2,1-2H3. The van der Waals surface area contributed by atoms with Gasteiger partial charge in [-0.2, -0.15) is 0 Å². The number of aromatic nitrogens is 2. The van der Waals surface area contributed by atoms with Gasteiger partial charge in [0.2, 0.25) is 5.76 Å². The molecule has 0 bridgehead atoms. The number of hydrogen-bond acceptors (Lipinski definition) is 7. The van der Waals surface area contributed by atoms with Crippen molar-refractivity contribution in [2.45, 2.75) is 20.5 Å². The summed E-state index contributed by atoms with van der Waals surface area (Å²) in [6.07, 6.45) is 1.39. The first-order valence-electron chi connectivity index (χ1n) is 6.24. The van der Waals surface area contributed by atoms with Gasteiger partial charge in [0.15, 0.2) is 6.61 Å². The highest BCUT2D eigenvalue weighted by molar-refractivity contribution is 5.86. The highest BCUT2D eigenvalue weighted by atomic mass is 16.6. The fraction of sp³-hybridized carbons (Fsp3) is 0.214. The summed E-state index contributed by atoms with van der Waals surface area (Å²) in [5.41, 5.74) is 0.726. The minimum Gasteiger partial charge on any atom is -0.466 e. The lowest BCUT2D eigenvalue weighted by Crippen LogP contribution is -2.04. The van der Waals surface area contributed by atoms with Crippen molar-refractivity contribution >= 4 is 5.97 Å². The average molecular weight is 288 g/mol. The van der Waals surface area contributed by atoms with Gasteiger partial charge in [0.25, 0.3) is 11.8 Å². The molecule has 0 aliphatic rings. The van der Waals surface area contributed by atoms with Crippen molar-refractivity contribution in [1.29, 1.82) is 0 Å². The molecular formula is C14H12N2O5. The number of rotatable bonds is 4. The summed E-state index contributed by atoms with van der Waals surface area (Å²) in [5.74, 6) is 1.50. The van der Waals surface area contributed by atoms with E-state index in [1.54, 1.807) is 6.07 Å². The van der Waals surface area contributed by atoms with Crippen LogP contribution in [-0.4, -0.2) is 16.2 Å². The first-order valence-corrected chi connectivity index (χ1v) is 6.24. The molecule has 0 aliphatic heterocycles. The van der Waals surface area contributed by atoms with Gasteiger partial charge in [-0.15, -0.1) is 10.2 Å². The van der Waals surface area contributed by atoms with Crippen molar-refractivity contribution in [3.05, 3.63) is 47.6 Å². The SMILES string of the molecule is Cc1cc(-c2nnc(COC(=O)c3ccco3)o2)c(C)o1. The van der Waals surface area contributed by atoms with Crippen molar-refractivity contribution in [1.82, 2.24) is 10.2 Å². The summed E-state index contributed by atoms with van der Waals surface area (Å²) < 4.78 is 20.8. The third-order valence-corrected chi connectivity index (χ3v) is 2.79. The van der Waals surface area contributed by atoms with E-state index < -0.39 is 5.97 Å². The molecule has 0 atom stereocenters. The predicted octanol–water partition coefficient (Wildman–Crippen LogP) is 2.90. The van der Waals surface area contributed by atoms with E-state index >= 15 is 0 Å². The van der Waals surface area contributed by atoms with Gasteiger partial charge in [0, 0.05) is 0 Å². The van der Waals surface area contributed by atoms with Crippen LogP contribution in [-0.2, 0) is 11.3 Å². The zero-order valence-electron chi connectivity index (χ0n) is 11.5. The number of carbonyl (C=O) groups is 1. The second-order valence-electron chi connectivity index (χ2n) is 4.38. The van der Waals surface area contributed by atoms with Crippen molar-refractivity contribution < 1.29 is 22.8 Å². The van der Waals surface area contributed by atoms with Gasteiger partial charge < -0.3 is 18.0 Å². The average Bonchev–Trinajstić information content (AvgIpc) is 3.16. The molecule has 0 amide bonds. The molecule has 0 radical (unpaired) electrons. The molecule has 0 spiro atoms. The Bertz CT molecular complexity index is 754. The van der Waals surface area contributed by atoms with Crippen LogP contribution in [0.2, 0.25) is 0 Å². The molecule has 21 heavy (non-hydrogen) atoms. The molecule has 0 N–H and O–H groups in total. The van der Waals surface area contributed by atoms with E-state index in [4.69, 9.17) is 18.0 Å². The Kier molecular flexibility index (Phi) is 3.31. The highest BCUT2D eigenvalue weighted by Gasteiger charge is 2.16. The van der Waals surface area contributed by atoms with Crippen LogP contribution in [0.4, 0.5) is 0 Å². The smallest absolute Gasteiger partial charge is 0.374 e. The summed E-state index contributed by atoms with van der Waals surface area (Å²) in [5, 5.41) is 7.74. The molecule has 0 aromatic carbocycles. The van der Waals surface area contributed by atoms with Crippen molar-refractivity contribution in [2.75, 3.05) is 0 Å². The number of aryl methyl sites for hydroxylation is 2. The Balaban J connectivity index is 1.68. The summed E-state index contributed by atoms with van der Waals surface area (Å²) in [6, 6.07) is 4.92. The first kappa shape index (κ1) is 13.2. The Morgan fingerprint density at radius 2 is 2.14 bits per heavy atom. The maximum absolute atomic E-state index is 11.6. The number of hydrogen-bond donors (Lipinski definition) is 0. The molecular weight excluding hydrogens is 276 g/mol. The number of furan rings is 2. The molecule has 7 heteroatoms. The van der Waals surface area contributed by atoms with E-state index in [1.165, 1.54) is 12.3 Å². The van der Waals surface area contributed by atoms with Crippen LogP contribution in [0, 0.1) is 13.8 Å². The zero-order chi connectivity index (χ0) is 14.8. The molecule has 0 saturated heterocycles. The van der Waals surface area contributed by atoms with Gasteiger partial charge in [0.1, 0.15) is 11.5 Å². The number of ether oxygens (including phenoxy) is 1. The summed E-state index contributed by atoms with van der Waals surface area (Å²) in [4.78, 5) is 11.6. The van der Waals surface area contributed by atoms with Crippen LogP contribution in [0.25, 0.3) is 11.5 Å². The van der Waals surface area contributed by atoms with Crippen molar-refractivity contribution in [2.24, 2.45) is 0 Å². The van der Waals surface area contributed by atoms with E-state index in [9.17, 15) is 4.79 Å². The monoisotopic (exact) mass is 288 g/mol. The van der Waals surface area contributed by atoms with Crippen LogP contribution in [0.3, 0.4) is 0 Å². The van der Waals surface area contributed by atoms with Crippen LogP contribution in [0.15, 0.2) is 37.7 Å². The molecule has 0 aliphatic carbocycles. The van der Waals surface area contributed by atoms with Gasteiger partial charge in [-0.25, -0.2) is 4.79 Å². The maximum Gasteiger partial charge on any atom is 0.374 e. The van der Waals surface area contributed by atoms with Gasteiger partial charge in [-0.3, -0.25) is 0 Å². The predicted molar refractivity (Wildman–Crippen MR) is 69.3 cm³/mol. The number of nitrogens with zero attached hydrogens (tertiary/aromatic N) is 2. The van der Waals surface area contributed by atoms with E-state index in [0.29, 0.717) is 11.7 Å². The molecule has 0 fully saturated rings. The Morgan fingerprint density at radius 3 is 2.81 bits per heavy atom. The molecule has 0 unspecified atom stereocenters. The molecule has 7 nitrogen and oxygen atoms in total. The minimum absolute atomic E-state index is 0.121. The first-order chi connectivity index (χ1) is 10.1. The highest BCUT2D eigenvalue weighted by Crippen LogP contribution is 2.25. The lowest BCUT2D eigenvalue weighted by atomic mass is 10.2. The van der Waals surface area contributed by atoms with Gasteiger partial charge in [-0.1, -0.05) is 0 Å².